The zero-order valence-electron chi connectivity index (χ0n) is 77.2. The first-order chi connectivity index (χ1) is 68.5. The summed E-state index contributed by atoms with van der Waals surface area (Å²) in [7, 11) is -4.99. The zero-order chi connectivity index (χ0) is 99.5. The first kappa shape index (κ1) is 137. The number of nitrogens with zero attached hydrogens (tertiary/aromatic N) is 19. The van der Waals surface area contributed by atoms with Crippen LogP contribution in [-0.2, 0) is 118 Å². The van der Waals surface area contributed by atoms with Crippen LogP contribution in [0.2, 0.25) is 45.2 Å². The molecule has 0 amide bonds. The third-order valence-corrected chi connectivity index (χ3v) is 29.0. The molecule has 9 heterocycles. The van der Waals surface area contributed by atoms with Gasteiger partial charge in [-0.3, -0.25) is 0 Å². The molecule has 0 spiro atoms. The quantitative estimate of drug-likeness (QED) is 0.0523. The number of rotatable bonds is 15. The standard InChI is InChI=1S/C36H30NP2.3C15H10ClN2.C4H10O.6C3H2ClN2.2CH2Cl2.6Cu.2O/c1-7-19-31(20-8-1)38(32-21-9-2-10-22-32,33-23-11-3-12-24-33)37-39(34-25-13-4-14-26-34,35-27-15-5-16-28-35)36-29-17-6-18-30-36;3*16-13-14(11-7-3-1-4-8-11)17-18-15(13)12-9-5-2-6-10-12;1-3-5-4-2;6*4-3-1-5-6-2-3;2*2-1-3;;;;;;;;/h1-30H;3*1-10H;3-4H2,1-2H3;6*1-2H;2*1H2;;;;;;;;/q+1;3*-1;;6*-1;;;6*+2;2*-2. The molecule has 0 aliphatic heterocycles. The van der Waals surface area contributed by atoms with Crippen LogP contribution in [0.3, 0.4) is 0 Å². The van der Waals surface area contributed by atoms with Crippen LogP contribution in [0.15, 0.2) is 443 Å². The van der Waals surface area contributed by atoms with Crippen LogP contribution in [0.5, 0.6) is 0 Å². The Bertz CT molecular complexity index is 5890. The Balaban J connectivity index is 0.000000869. The Morgan fingerprint density at radius 2 is 0.412 bits per heavy atom. The van der Waals surface area contributed by atoms with E-state index >= 15 is 0 Å². The van der Waals surface area contributed by atoms with Gasteiger partial charge >= 0.3 is 102 Å². The second-order valence-electron chi connectivity index (χ2n) is 27.4. The fourth-order valence-corrected chi connectivity index (χ4v) is 23.2. The van der Waals surface area contributed by atoms with Crippen molar-refractivity contribution in [3.05, 3.63) is 484 Å². The van der Waals surface area contributed by atoms with E-state index < -0.39 is 14.5 Å². The van der Waals surface area contributed by atoms with Gasteiger partial charge in [-0.2, -0.15) is 0 Å². The molecule has 22 nitrogen and oxygen atoms in total. The molecule has 0 saturated heterocycles. The van der Waals surface area contributed by atoms with Gasteiger partial charge in [0.05, 0.1) is 42.8 Å². The average Bonchev–Trinajstić information content (AvgIpc) is 0.840. The summed E-state index contributed by atoms with van der Waals surface area (Å²) >= 11 is 70.1. The van der Waals surface area contributed by atoms with Crippen LogP contribution in [0.4, 0.5) is 0 Å². The van der Waals surface area contributed by atoms with E-state index in [9.17, 15) is 0 Å². The normalized spacial score (nSPS) is 9.56. The van der Waals surface area contributed by atoms with Crippen molar-refractivity contribution >= 4 is 197 Å². The van der Waals surface area contributed by atoms with E-state index in [1.54, 1.807) is 0 Å². The van der Waals surface area contributed by atoms with E-state index in [4.69, 9.17) is 160 Å². The van der Waals surface area contributed by atoms with Crippen molar-refractivity contribution in [2.45, 2.75) is 13.8 Å². The number of ether oxygens (including phenoxy) is 1. The molecule has 21 aromatic rings. The number of hydrogen-bond donors (Lipinski definition) is 0. The van der Waals surface area contributed by atoms with Crippen LogP contribution in [0, 0.1) is 0 Å². The van der Waals surface area contributed by atoms with Gasteiger partial charge in [-0.15, -0.1) is 88.1 Å². The van der Waals surface area contributed by atoms with E-state index in [0.717, 1.165) is 80.8 Å². The molecule has 0 saturated carbocycles. The molecule has 0 bridgehead atoms. The van der Waals surface area contributed by atoms with Crippen LogP contribution in [0.25, 0.3) is 67.5 Å². The van der Waals surface area contributed by atoms with Crippen molar-refractivity contribution < 1.29 is 118 Å². The molecule has 0 fully saturated rings. The maximum absolute atomic E-state index is 6.38. The van der Waals surface area contributed by atoms with Gasteiger partial charge in [0.25, 0.3) is 0 Å². The van der Waals surface area contributed by atoms with Gasteiger partial charge in [0.1, 0.15) is 23.0 Å². The number of halogens is 13. The summed E-state index contributed by atoms with van der Waals surface area (Å²) in [5, 5.41) is 79.7. The van der Waals surface area contributed by atoms with Crippen LogP contribution in [0.1, 0.15) is 13.8 Å². The maximum atomic E-state index is 6.38. The van der Waals surface area contributed by atoms with E-state index in [0.29, 0.717) is 45.2 Å². The fourth-order valence-electron chi connectivity index (χ4n) is 12.3. The Hall–Kier alpha value is -9.04. The van der Waals surface area contributed by atoms with Gasteiger partial charge in [0, 0.05) is 96.4 Å². The topological polar surface area (TPSA) is 322 Å². The molecule has 0 atom stereocenters. The third kappa shape index (κ3) is 45.5. The Labute approximate surface area is 989 Å². The summed E-state index contributed by atoms with van der Waals surface area (Å²) in [6, 6.07) is 125. The molecular weight excluding hydrogens is 2480 g/mol. The van der Waals surface area contributed by atoms with Gasteiger partial charge < -0.3 is 107 Å². The van der Waals surface area contributed by atoms with E-state index in [1.165, 1.54) is 106 Å². The van der Waals surface area contributed by atoms with Gasteiger partial charge in [0.15, 0.2) is 0 Å². The molecule has 0 aliphatic carbocycles. The Morgan fingerprint density at radius 1 is 0.250 bits per heavy atom. The smallest absolute Gasteiger partial charge is 2.00 e. The number of benzene rings is 12. The molecule has 21 rings (SSSR count). The van der Waals surface area contributed by atoms with Crippen LogP contribution < -0.4 is 77.7 Å². The molecule has 12 aromatic carbocycles. The minimum absolute atomic E-state index is 0. The molecule has 0 unspecified atom stereocenters. The molecule has 6 radical (unpaired) electrons. The van der Waals surface area contributed by atoms with Crippen molar-refractivity contribution in [3.8, 4) is 67.5 Å². The molecule has 43 heteroatoms. The molecule has 0 aliphatic rings. The minimum Gasteiger partial charge on any atom is -2.00 e. The number of alkyl halides is 4. The van der Waals surface area contributed by atoms with Crippen LogP contribution >= 0.6 is 165 Å². The summed E-state index contributed by atoms with van der Waals surface area (Å²) in [6.45, 7) is 5.67. The van der Waals surface area contributed by atoms with Crippen molar-refractivity contribution in [1.82, 2.24) is 91.8 Å². The first-order valence-electron chi connectivity index (χ1n) is 42.1. The van der Waals surface area contributed by atoms with Crippen molar-refractivity contribution in [2.24, 2.45) is 4.52 Å². The Kier molecular flexibility index (Phi) is 73.9. The van der Waals surface area contributed by atoms with Gasteiger partial charge in [-0.05, 0) is 83.6 Å². The molecule has 148 heavy (non-hydrogen) atoms. The summed E-state index contributed by atoms with van der Waals surface area (Å²) < 4.78 is 11.2. The van der Waals surface area contributed by atoms with Gasteiger partial charge in [-0.25, -0.2) is 0 Å². The molecule has 0 N–H and O–H groups in total. The molecular formula is C105H86Cl13Cu6N19O3P2. The zero-order valence-corrected chi connectivity index (χ0v) is 94.5. The van der Waals surface area contributed by atoms with E-state index in [1.807, 2.05) is 196 Å². The summed E-state index contributed by atoms with van der Waals surface area (Å²) in [4.78, 5) is 0. The summed E-state index contributed by atoms with van der Waals surface area (Å²) in [6.07, 6.45) is 17.9. The first-order valence-corrected chi connectivity index (χ1v) is 51.2. The largest absolute Gasteiger partial charge is 2.00 e. The summed E-state index contributed by atoms with van der Waals surface area (Å²) in [5.41, 5.74) is 10.3. The fraction of sp³-hybridized carbons (Fsp3) is 0.0571. The van der Waals surface area contributed by atoms with Crippen LogP contribution in [-0.4, -0.2) is 69.8 Å². The predicted molar refractivity (Wildman–Crippen MR) is 585 cm³/mol. The van der Waals surface area contributed by atoms with Crippen molar-refractivity contribution in [2.75, 3.05) is 23.9 Å². The monoisotopic (exact) mass is 2550 g/mol. The van der Waals surface area contributed by atoms with Crippen molar-refractivity contribution in [3.63, 3.8) is 0 Å². The minimum atomic E-state index is -2.50. The average molecular weight is 2570 g/mol. The Morgan fingerprint density at radius 3 is 0.554 bits per heavy atom. The molecule has 786 valence electrons. The summed E-state index contributed by atoms with van der Waals surface area (Å²) in [5.74, 6) is 0. The van der Waals surface area contributed by atoms with Gasteiger partial charge in [-0.1, -0.05) is 449 Å². The molecule has 9 aromatic heterocycles. The van der Waals surface area contributed by atoms with Gasteiger partial charge in [0.2, 0.25) is 7.41 Å². The van der Waals surface area contributed by atoms with Crippen molar-refractivity contribution in [1.29, 1.82) is 0 Å². The SMILES string of the molecule is CCOCC.ClCCl.ClCCl.Clc1c(-c2ccccc2)n[n-]c1-c1ccccc1.Clc1c(-c2ccccc2)n[n-]c1-c1ccccc1.Clc1c(-c2ccccc2)n[n-]c1-c1ccccc1.Clc1cn[n-]c1.Clc1cn[n-]c1.Clc1cn[n-]c1.Clc1cn[n-]c1.Clc1cn[n-]c1.Clc1cn[n-]c1.[Cu+2].[Cu+2].[Cu+2].[Cu+2].[Cu+2].[Cu+2].[O-2].[O-2].c1ccc(P(=N[P+](c2ccccc2)(c2ccccc2)c2ccccc2)(c2ccccc2)c2ccccc2)cc1. The second kappa shape index (κ2) is 79.9. The maximum Gasteiger partial charge on any atom is 2.00 e. The van der Waals surface area contributed by atoms with E-state index in [2.05, 4.69) is 274 Å². The number of aromatic nitrogens is 18. The number of hydrogen-bond acceptors (Lipinski definition) is 11. The second-order valence-corrected chi connectivity index (χ2v) is 39.2. The predicted octanol–water partition coefficient (Wildman–Crippen LogP) is 26.9. The third-order valence-electron chi connectivity index (χ3n) is 18.3. The van der Waals surface area contributed by atoms with E-state index in [-0.39, 0.29) is 124 Å².